The van der Waals surface area contributed by atoms with E-state index >= 15 is 0 Å². The third-order valence-electron chi connectivity index (χ3n) is 4.80. The van der Waals surface area contributed by atoms with Gasteiger partial charge in [-0.05, 0) is 42.7 Å². The van der Waals surface area contributed by atoms with Gasteiger partial charge in [-0.2, -0.15) is 0 Å². The zero-order valence-electron chi connectivity index (χ0n) is 14.4. The van der Waals surface area contributed by atoms with Crippen LogP contribution < -0.4 is 9.47 Å². The molecule has 2 aromatic rings. The van der Waals surface area contributed by atoms with Crippen molar-refractivity contribution in [3.63, 3.8) is 0 Å². The Hall–Kier alpha value is -2.82. The molecule has 0 saturated carbocycles. The number of fused-ring (bicyclic) bond motifs is 1. The number of carbonyl (C=O) groups is 1. The Kier molecular flexibility index (Phi) is 4.61. The minimum Gasteiger partial charge on any atom is -0.486 e. The molecule has 1 saturated heterocycles. The molecule has 1 atom stereocenters. The van der Waals surface area contributed by atoms with E-state index in [4.69, 9.17) is 9.47 Å². The van der Waals surface area contributed by atoms with Crippen molar-refractivity contribution in [2.45, 2.75) is 18.9 Å². The first-order valence-electron chi connectivity index (χ1n) is 8.85. The van der Waals surface area contributed by atoms with Gasteiger partial charge >= 0.3 is 0 Å². The average molecular weight is 353 g/mol. The summed E-state index contributed by atoms with van der Waals surface area (Å²) in [5, 5.41) is 0. The predicted octanol–water partition coefficient (Wildman–Crippen LogP) is 3.97. The van der Waals surface area contributed by atoms with Crippen LogP contribution >= 0.6 is 0 Å². The Morgan fingerprint density at radius 3 is 2.77 bits per heavy atom. The summed E-state index contributed by atoms with van der Waals surface area (Å²) in [5.41, 5.74) is 1.45. The van der Waals surface area contributed by atoms with Crippen LogP contribution in [0.3, 0.4) is 0 Å². The van der Waals surface area contributed by atoms with E-state index in [2.05, 4.69) is 0 Å². The second-order valence-electron chi connectivity index (χ2n) is 6.45. The summed E-state index contributed by atoms with van der Waals surface area (Å²) in [5.74, 6) is 1.04. The van der Waals surface area contributed by atoms with Crippen molar-refractivity contribution in [2.24, 2.45) is 0 Å². The van der Waals surface area contributed by atoms with E-state index in [1.807, 2.05) is 23.1 Å². The highest BCUT2D eigenvalue weighted by molar-refractivity contribution is 5.92. The van der Waals surface area contributed by atoms with Gasteiger partial charge in [0, 0.05) is 18.2 Å². The maximum Gasteiger partial charge on any atom is 0.247 e. The standard InChI is InChI=1S/C21H20FNO3/c22-17-5-2-1-4-15(17)8-10-21(24)23-11-3-6-18(23)16-7-9-19-20(14-16)26-13-12-25-19/h1-2,4-5,7-10,14,18H,3,6,11-13H2/b10-8+. The van der Waals surface area contributed by atoms with Crippen LogP contribution in [-0.2, 0) is 4.79 Å². The monoisotopic (exact) mass is 353 g/mol. The highest BCUT2D eigenvalue weighted by Gasteiger charge is 2.29. The number of benzene rings is 2. The van der Waals surface area contributed by atoms with E-state index in [9.17, 15) is 9.18 Å². The number of ether oxygens (including phenoxy) is 2. The topological polar surface area (TPSA) is 38.8 Å². The summed E-state index contributed by atoms with van der Waals surface area (Å²) in [4.78, 5) is 14.5. The highest BCUT2D eigenvalue weighted by atomic mass is 19.1. The summed E-state index contributed by atoms with van der Waals surface area (Å²) in [6.07, 6.45) is 4.84. The zero-order valence-corrected chi connectivity index (χ0v) is 14.4. The number of halogens is 1. The second-order valence-corrected chi connectivity index (χ2v) is 6.45. The third kappa shape index (κ3) is 3.29. The third-order valence-corrected chi connectivity index (χ3v) is 4.80. The Morgan fingerprint density at radius 2 is 1.92 bits per heavy atom. The number of amides is 1. The van der Waals surface area contributed by atoms with Crippen molar-refractivity contribution in [1.29, 1.82) is 0 Å². The largest absolute Gasteiger partial charge is 0.486 e. The summed E-state index contributed by atoms with van der Waals surface area (Å²) >= 11 is 0. The minimum absolute atomic E-state index is 0.00333. The summed E-state index contributed by atoms with van der Waals surface area (Å²) in [6.45, 7) is 1.79. The second kappa shape index (κ2) is 7.20. The molecule has 2 aliphatic rings. The van der Waals surface area contributed by atoms with Crippen LogP contribution in [0.4, 0.5) is 4.39 Å². The van der Waals surface area contributed by atoms with Crippen LogP contribution in [0.25, 0.3) is 6.08 Å². The molecule has 4 nitrogen and oxygen atoms in total. The summed E-state index contributed by atoms with van der Waals surface area (Å²) in [6, 6.07) is 12.3. The maximum absolute atomic E-state index is 13.7. The number of hydrogen-bond donors (Lipinski definition) is 0. The van der Waals surface area contributed by atoms with Gasteiger partial charge in [0.25, 0.3) is 0 Å². The van der Waals surface area contributed by atoms with E-state index in [0.29, 0.717) is 25.3 Å². The van der Waals surface area contributed by atoms with Gasteiger partial charge in [-0.1, -0.05) is 24.3 Å². The molecule has 1 amide bonds. The van der Waals surface area contributed by atoms with Crippen LogP contribution in [0, 0.1) is 5.82 Å². The molecule has 0 radical (unpaired) electrons. The molecular weight excluding hydrogens is 333 g/mol. The van der Waals surface area contributed by atoms with E-state index < -0.39 is 0 Å². The molecule has 4 rings (SSSR count). The Bertz CT molecular complexity index is 849. The first-order chi connectivity index (χ1) is 12.7. The van der Waals surface area contributed by atoms with Crippen molar-refractivity contribution in [2.75, 3.05) is 19.8 Å². The molecule has 26 heavy (non-hydrogen) atoms. The Labute approximate surface area is 151 Å². The molecule has 2 heterocycles. The van der Waals surface area contributed by atoms with Gasteiger partial charge in [0.2, 0.25) is 5.91 Å². The highest BCUT2D eigenvalue weighted by Crippen LogP contribution is 2.38. The van der Waals surface area contributed by atoms with Gasteiger partial charge in [-0.3, -0.25) is 4.79 Å². The predicted molar refractivity (Wildman–Crippen MR) is 96.6 cm³/mol. The fourth-order valence-electron chi connectivity index (χ4n) is 3.51. The van der Waals surface area contributed by atoms with Crippen LogP contribution in [0.2, 0.25) is 0 Å². The molecular formula is C21H20FNO3. The molecule has 5 heteroatoms. The maximum atomic E-state index is 13.7. The lowest BCUT2D eigenvalue weighted by atomic mass is 10.0. The molecule has 1 unspecified atom stereocenters. The Balaban J connectivity index is 1.53. The zero-order chi connectivity index (χ0) is 17.9. The molecule has 1 fully saturated rings. The van der Waals surface area contributed by atoms with E-state index in [-0.39, 0.29) is 17.8 Å². The number of likely N-dealkylation sites (tertiary alicyclic amines) is 1. The number of rotatable bonds is 3. The lowest BCUT2D eigenvalue weighted by Gasteiger charge is -2.26. The van der Waals surface area contributed by atoms with Crippen molar-refractivity contribution in [3.8, 4) is 11.5 Å². The summed E-state index contributed by atoms with van der Waals surface area (Å²) in [7, 11) is 0. The van der Waals surface area contributed by atoms with Crippen molar-refractivity contribution >= 4 is 12.0 Å². The van der Waals surface area contributed by atoms with Gasteiger partial charge < -0.3 is 14.4 Å². The van der Waals surface area contributed by atoms with Crippen LogP contribution in [0.15, 0.2) is 48.5 Å². The van der Waals surface area contributed by atoms with Gasteiger partial charge in [-0.25, -0.2) is 4.39 Å². The van der Waals surface area contributed by atoms with Gasteiger partial charge in [0.1, 0.15) is 19.0 Å². The minimum atomic E-state index is -0.332. The molecule has 2 aromatic carbocycles. The van der Waals surface area contributed by atoms with E-state index in [1.54, 1.807) is 18.2 Å². The van der Waals surface area contributed by atoms with Crippen molar-refractivity contribution in [1.82, 2.24) is 4.90 Å². The fraction of sp³-hybridized carbons (Fsp3) is 0.286. The average Bonchev–Trinajstić information content (AvgIpc) is 3.17. The van der Waals surface area contributed by atoms with Crippen molar-refractivity contribution < 1.29 is 18.7 Å². The van der Waals surface area contributed by atoms with Crippen LogP contribution in [0.1, 0.15) is 30.0 Å². The quantitative estimate of drug-likeness (QED) is 0.784. The lowest BCUT2D eigenvalue weighted by molar-refractivity contribution is -0.126. The molecule has 134 valence electrons. The SMILES string of the molecule is O=C(/C=C/c1ccccc1F)N1CCCC1c1ccc2c(c1)OCCO2. The molecule has 0 aliphatic carbocycles. The normalized spacial score (nSPS) is 19.1. The number of nitrogens with zero attached hydrogens (tertiary/aromatic N) is 1. The number of carbonyl (C=O) groups excluding carboxylic acids is 1. The van der Waals surface area contributed by atoms with Crippen molar-refractivity contribution in [3.05, 3.63) is 65.5 Å². The molecule has 0 spiro atoms. The molecule has 0 N–H and O–H groups in total. The van der Waals surface area contributed by atoms with Crippen LogP contribution in [0.5, 0.6) is 11.5 Å². The van der Waals surface area contributed by atoms with E-state index in [1.165, 1.54) is 18.2 Å². The smallest absolute Gasteiger partial charge is 0.247 e. The van der Waals surface area contributed by atoms with E-state index in [0.717, 1.165) is 29.9 Å². The van der Waals surface area contributed by atoms with Gasteiger partial charge in [0.15, 0.2) is 11.5 Å². The molecule has 2 aliphatic heterocycles. The number of hydrogen-bond acceptors (Lipinski definition) is 3. The molecule has 0 aromatic heterocycles. The van der Waals surface area contributed by atoms with Gasteiger partial charge in [0.05, 0.1) is 6.04 Å². The lowest BCUT2D eigenvalue weighted by Crippen LogP contribution is -2.29. The van der Waals surface area contributed by atoms with Crippen LogP contribution in [-0.4, -0.2) is 30.6 Å². The Morgan fingerprint density at radius 1 is 1.12 bits per heavy atom. The fourth-order valence-corrected chi connectivity index (χ4v) is 3.51. The molecule has 0 bridgehead atoms. The first-order valence-corrected chi connectivity index (χ1v) is 8.85. The van der Waals surface area contributed by atoms with Gasteiger partial charge in [-0.15, -0.1) is 0 Å². The summed E-state index contributed by atoms with van der Waals surface area (Å²) < 4.78 is 24.9. The first kappa shape index (κ1) is 16.6.